The van der Waals surface area contributed by atoms with Crippen LogP contribution in [0.25, 0.3) is 0 Å². The predicted octanol–water partition coefficient (Wildman–Crippen LogP) is 4.58. The summed E-state index contributed by atoms with van der Waals surface area (Å²) in [6, 6.07) is 28.7. The van der Waals surface area contributed by atoms with Crippen LogP contribution in [-0.4, -0.2) is 0 Å². The highest BCUT2D eigenvalue weighted by atomic mass is 15.4. The normalized spacial score (nSPS) is 12.8. The molecule has 0 aliphatic carbocycles. The van der Waals surface area contributed by atoms with Crippen LogP contribution in [0.5, 0.6) is 0 Å². The van der Waals surface area contributed by atoms with E-state index < -0.39 is 0 Å². The maximum atomic E-state index is 9.10. The number of fused-ring (bicyclic) bond motifs is 1. The van der Waals surface area contributed by atoms with Crippen LogP contribution in [0.4, 0.5) is 11.4 Å². The van der Waals surface area contributed by atoms with E-state index in [0.29, 0.717) is 12.1 Å². The van der Waals surface area contributed by atoms with Gasteiger partial charge in [-0.05, 0) is 35.4 Å². The minimum atomic E-state index is 0.686. The van der Waals surface area contributed by atoms with Crippen LogP contribution >= 0.6 is 0 Å². The second-order valence-corrected chi connectivity index (χ2v) is 6.06. The Hall–Kier alpha value is -3.25. The van der Waals surface area contributed by atoms with Gasteiger partial charge in [0.2, 0.25) is 6.67 Å². The molecule has 3 aromatic rings. The average molecular weight is 323 g/mol. The zero-order chi connectivity index (χ0) is 17.1. The molecule has 3 heteroatoms. The molecule has 0 aromatic heterocycles. The number of nitriles is 1. The van der Waals surface area contributed by atoms with Gasteiger partial charge in [-0.1, -0.05) is 54.6 Å². The van der Waals surface area contributed by atoms with Crippen LogP contribution in [0.15, 0.2) is 78.9 Å². The maximum Gasteiger partial charge on any atom is 0.209 e. The van der Waals surface area contributed by atoms with E-state index in [4.69, 9.17) is 5.26 Å². The second kappa shape index (κ2) is 6.70. The summed E-state index contributed by atoms with van der Waals surface area (Å²) >= 11 is 0. The van der Waals surface area contributed by atoms with E-state index in [2.05, 4.69) is 65.0 Å². The fourth-order valence-corrected chi connectivity index (χ4v) is 3.10. The van der Waals surface area contributed by atoms with Gasteiger partial charge in [0.05, 0.1) is 23.0 Å². The van der Waals surface area contributed by atoms with E-state index >= 15 is 0 Å². The van der Waals surface area contributed by atoms with Crippen LogP contribution in [0, 0.1) is 18.0 Å². The van der Waals surface area contributed by atoms with Gasteiger partial charge in [-0.25, -0.2) is 0 Å². The maximum absolute atomic E-state index is 9.10. The van der Waals surface area contributed by atoms with Crippen molar-refractivity contribution in [2.75, 3.05) is 9.80 Å². The lowest BCUT2D eigenvalue weighted by Crippen LogP contribution is -2.24. The first-order chi connectivity index (χ1) is 12.3. The van der Waals surface area contributed by atoms with Gasteiger partial charge in [0.25, 0.3) is 0 Å². The van der Waals surface area contributed by atoms with Crippen molar-refractivity contribution >= 4 is 11.4 Å². The molecule has 3 nitrogen and oxygen atoms in total. The minimum Gasteiger partial charge on any atom is -0.335 e. The van der Waals surface area contributed by atoms with E-state index in [1.54, 1.807) is 0 Å². The molecule has 1 aliphatic heterocycles. The smallest absolute Gasteiger partial charge is 0.209 e. The van der Waals surface area contributed by atoms with Gasteiger partial charge in [-0.3, -0.25) is 0 Å². The Bertz CT molecular complexity index is 912. The van der Waals surface area contributed by atoms with E-state index in [1.807, 2.05) is 36.4 Å². The molecule has 4 rings (SSSR count). The van der Waals surface area contributed by atoms with E-state index in [-0.39, 0.29) is 0 Å². The molecule has 0 bridgehead atoms. The number of rotatable bonds is 4. The molecule has 2 radical (unpaired) electrons. The summed E-state index contributed by atoms with van der Waals surface area (Å²) in [6.07, 6.45) is 0. The first-order valence-corrected chi connectivity index (χ1v) is 8.27. The Kier molecular flexibility index (Phi) is 4.10. The van der Waals surface area contributed by atoms with Gasteiger partial charge in [0, 0.05) is 13.1 Å². The van der Waals surface area contributed by atoms with Gasteiger partial charge in [-0.2, -0.15) is 5.26 Å². The molecular formula is C22H17N3. The van der Waals surface area contributed by atoms with Crippen molar-refractivity contribution in [1.29, 1.82) is 5.26 Å². The average Bonchev–Trinajstić information content (AvgIpc) is 3.00. The third-order valence-electron chi connectivity index (χ3n) is 4.29. The Balaban J connectivity index is 1.59. The van der Waals surface area contributed by atoms with Gasteiger partial charge < -0.3 is 9.80 Å². The number of hydrogen-bond acceptors (Lipinski definition) is 3. The van der Waals surface area contributed by atoms with E-state index in [9.17, 15) is 0 Å². The molecule has 0 spiro atoms. The quantitative estimate of drug-likeness (QED) is 0.704. The predicted molar refractivity (Wildman–Crippen MR) is 99.7 cm³/mol. The first-order valence-electron chi connectivity index (χ1n) is 8.27. The van der Waals surface area contributed by atoms with Crippen molar-refractivity contribution in [3.05, 3.63) is 102 Å². The molecular weight excluding hydrogens is 306 g/mol. The molecule has 25 heavy (non-hydrogen) atoms. The van der Waals surface area contributed by atoms with Crippen molar-refractivity contribution in [2.45, 2.75) is 13.1 Å². The van der Waals surface area contributed by atoms with Gasteiger partial charge in [-0.15, -0.1) is 0 Å². The summed E-state index contributed by atoms with van der Waals surface area (Å²) in [5.74, 6) is 0. The van der Waals surface area contributed by atoms with E-state index in [0.717, 1.165) is 23.5 Å². The molecule has 0 atom stereocenters. The van der Waals surface area contributed by atoms with Crippen molar-refractivity contribution in [3.63, 3.8) is 0 Å². The molecule has 0 saturated carbocycles. The molecule has 0 N–H and O–H groups in total. The largest absolute Gasteiger partial charge is 0.335 e. The molecule has 0 saturated heterocycles. The third kappa shape index (κ3) is 3.20. The van der Waals surface area contributed by atoms with Crippen LogP contribution in [0.2, 0.25) is 0 Å². The molecule has 1 aliphatic rings. The molecule has 3 aromatic carbocycles. The zero-order valence-electron chi connectivity index (χ0n) is 13.8. The lowest BCUT2D eigenvalue weighted by Gasteiger charge is -2.19. The topological polar surface area (TPSA) is 30.3 Å². The minimum absolute atomic E-state index is 0.686. The Labute approximate surface area is 148 Å². The molecule has 0 amide bonds. The summed E-state index contributed by atoms with van der Waals surface area (Å²) in [5.41, 5.74) is 5.33. The zero-order valence-corrected chi connectivity index (χ0v) is 13.8. The molecule has 1 heterocycles. The number of nitrogens with zero attached hydrogens (tertiary/aromatic N) is 3. The highest BCUT2D eigenvalue weighted by Gasteiger charge is 2.27. The van der Waals surface area contributed by atoms with Gasteiger partial charge >= 0.3 is 0 Å². The monoisotopic (exact) mass is 323 g/mol. The number of anilines is 2. The van der Waals surface area contributed by atoms with Crippen LogP contribution < -0.4 is 9.80 Å². The lowest BCUT2D eigenvalue weighted by atomic mass is 10.1. The van der Waals surface area contributed by atoms with Crippen LogP contribution in [0.1, 0.15) is 16.7 Å². The fraction of sp³-hybridized carbons (Fsp3) is 0.0909. The highest BCUT2D eigenvalue weighted by Crippen LogP contribution is 2.39. The lowest BCUT2D eigenvalue weighted by molar-refractivity contribution is 0.849. The Morgan fingerprint density at radius 1 is 0.720 bits per heavy atom. The van der Waals surface area contributed by atoms with Crippen LogP contribution in [0.3, 0.4) is 0 Å². The summed E-state index contributed by atoms with van der Waals surface area (Å²) in [7, 11) is 0. The SMILES string of the molecule is N#Cc1cccc(CN2[C]N(Cc3ccccc3)c3ccccc32)c1. The van der Waals surface area contributed by atoms with E-state index in [1.165, 1.54) is 5.56 Å². The Morgan fingerprint density at radius 3 is 2.00 bits per heavy atom. The number of para-hydroxylation sites is 2. The molecule has 120 valence electrons. The fourth-order valence-electron chi connectivity index (χ4n) is 3.10. The number of hydrogen-bond donors (Lipinski definition) is 0. The Morgan fingerprint density at radius 2 is 1.32 bits per heavy atom. The summed E-state index contributed by atoms with van der Waals surface area (Å²) in [5, 5.41) is 9.10. The van der Waals surface area contributed by atoms with Crippen LogP contribution in [-0.2, 0) is 13.1 Å². The first kappa shape index (κ1) is 15.3. The van der Waals surface area contributed by atoms with Crippen molar-refractivity contribution in [1.82, 2.24) is 0 Å². The van der Waals surface area contributed by atoms with Crippen molar-refractivity contribution in [2.24, 2.45) is 0 Å². The second-order valence-electron chi connectivity index (χ2n) is 6.06. The summed E-state index contributed by atoms with van der Waals surface area (Å²) in [6.45, 7) is 4.95. The highest BCUT2D eigenvalue weighted by molar-refractivity contribution is 5.78. The molecule has 0 unspecified atom stereocenters. The van der Waals surface area contributed by atoms with Crippen molar-refractivity contribution < 1.29 is 0 Å². The molecule has 0 fully saturated rings. The summed E-state index contributed by atoms with van der Waals surface area (Å²) in [4.78, 5) is 4.27. The third-order valence-corrected chi connectivity index (χ3v) is 4.29. The van der Waals surface area contributed by atoms with Gasteiger partial charge in [0.1, 0.15) is 0 Å². The van der Waals surface area contributed by atoms with Crippen molar-refractivity contribution in [3.8, 4) is 6.07 Å². The summed E-state index contributed by atoms with van der Waals surface area (Å²) < 4.78 is 0. The standard InChI is InChI=1S/C22H17N3/c23-14-19-9-6-10-20(13-19)16-25-17-24(15-18-7-2-1-3-8-18)21-11-4-5-12-22(21)25/h1-13H,15-16H2. The van der Waals surface area contributed by atoms with Gasteiger partial charge in [0.15, 0.2) is 0 Å². The number of benzene rings is 3.